The zero-order valence-corrected chi connectivity index (χ0v) is 14.2. The van der Waals surface area contributed by atoms with Crippen molar-refractivity contribution in [1.29, 1.82) is 0 Å². The highest BCUT2D eigenvalue weighted by Crippen LogP contribution is 2.34. The number of benzene rings is 1. The lowest BCUT2D eigenvalue weighted by atomic mass is 10.1. The van der Waals surface area contributed by atoms with Crippen molar-refractivity contribution >= 4 is 0 Å². The number of aryl methyl sites for hydroxylation is 1. The largest absolute Gasteiger partial charge is 0.381 e. The van der Waals surface area contributed by atoms with E-state index in [-0.39, 0.29) is 5.92 Å². The molecule has 0 saturated carbocycles. The molecule has 2 aromatic heterocycles. The number of hydrogen-bond donors (Lipinski definition) is 0. The Bertz CT molecular complexity index is 921. The van der Waals surface area contributed by atoms with Crippen molar-refractivity contribution in [2.75, 3.05) is 13.2 Å². The van der Waals surface area contributed by atoms with Crippen LogP contribution in [0.3, 0.4) is 0 Å². The molecule has 0 radical (unpaired) electrons. The van der Waals surface area contributed by atoms with Crippen LogP contribution in [-0.2, 0) is 17.6 Å². The maximum Gasteiger partial charge on any atom is 0.278 e. The zero-order valence-electron chi connectivity index (χ0n) is 14.2. The second kappa shape index (κ2) is 5.81. The van der Waals surface area contributed by atoms with Gasteiger partial charge in [-0.15, -0.1) is 0 Å². The topological polar surface area (TPSA) is 66.0 Å². The predicted octanol–water partition coefficient (Wildman–Crippen LogP) is 3.22. The third kappa shape index (κ3) is 2.40. The van der Waals surface area contributed by atoms with Gasteiger partial charge in [0.1, 0.15) is 0 Å². The first kappa shape index (κ1) is 14.8. The first-order chi connectivity index (χ1) is 12.3. The van der Waals surface area contributed by atoms with E-state index in [1.165, 1.54) is 16.8 Å². The molecule has 0 bridgehead atoms. The van der Waals surface area contributed by atoms with Crippen molar-refractivity contribution in [3.05, 3.63) is 46.9 Å². The van der Waals surface area contributed by atoms with Gasteiger partial charge in [0.05, 0.1) is 12.3 Å². The summed E-state index contributed by atoms with van der Waals surface area (Å²) in [6, 6.07) is 8.33. The van der Waals surface area contributed by atoms with Crippen LogP contribution < -0.4 is 0 Å². The van der Waals surface area contributed by atoms with E-state index in [9.17, 15) is 0 Å². The first-order valence-electron chi connectivity index (χ1n) is 8.90. The van der Waals surface area contributed by atoms with Gasteiger partial charge in [0, 0.05) is 23.8 Å². The van der Waals surface area contributed by atoms with E-state index < -0.39 is 0 Å². The van der Waals surface area contributed by atoms with Gasteiger partial charge in [0.15, 0.2) is 11.5 Å². The van der Waals surface area contributed by atoms with Crippen molar-refractivity contribution in [3.63, 3.8) is 0 Å². The van der Waals surface area contributed by atoms with E-state index in [0.29, 0.717) is 12.5 Å². The fourth-order valence-corrected chi connectivity index (χ4v) is 3.84. The van der Waals surface area contributed by atoms with E-state index in [1.807, 2.05) is 0 Å². The monoisotopic (exact) mass is 336 g/mol. The normalized spacial score (nSPS) is 19.5. The van der Waals surface area contributed by atoms with Crippen LogP contribution in [0.2, 0.25) is 0 Å². The van der Waals surface area contributed by atoms with Gasteiger partial charge < -0.3 is 9.26 Å². The molecule has 0 unspecified atom stereocenters. The molecule has 1 aromatic carbocycles. The summed E-state index contributed by atoms with van der Waals surface area (Å²) in [6.45, 7) is 3.56. The van der Waals surface area contributed by atoms with Gasteiger partial charge in [-0.1, -0.05) is 23.4 Å². The van der Waals surface area contributed by atoms with Gasteiger partial charge in [-0.25, -0.2) is 4.68 Å². The number of rotatable bonds is 3. The third-order valence-corrected chi connectivity index (χ3v) is 5.21. The van der Waals surface area contributed by atoms with Crippen molar-refractivity contribution in [2.45, 2.75) is 38.5 Å². The van der Waals surface area contributed by atoms with E-state index in [0.717, 1.165) is 49.5 Å². The third-order valence-electron chi connectivity index (χ3n) is 5.21. The average molecular weight is 336 g/mol. The Morgan fingerprint density at radius 3 is 2.96 bits per heavy atom. The van der Waals surface area contributed by atoms with E-state index in [4.69, 9.17) is 14.4 Å². The van der Waals surface area contributed by atoms with E-state index in [1.54, 1.807) is 0 Å². The number of hydrogen-bond acceptors (Lipinski definition) is 5. The van der Waals surface area contributed by atoms with Crippen LogP contribution in [0.4, 0.5) is 0 Å². The lowest BCUT2D eigenvalue weighted by Crippen LogP contribution is -2.03. The van der Waals surface area contributed by atoms with Gasteiger partial charge in [-0.2, -0.15) is 10.1 Å². The summed E-state index contributed by atoms with van der Waals surface area (Å²) in [6.07, 6.45) is 4.15. The van der Waals surface area contributed by atoms with Gasteiger partial charge in [-0.3, -0.25) is 0 Å². The van der Waals surface area contributed by atoms with Gasteiger partial charge in [-0.05, 0) is 44.2 Å². The second-order valence-electron chi connectivity index (χ2n) is 6.84. The summed E-state index contributed by atoms with van der Waals surface area (Å²) < 4.78 is 13.1. The minimum atomic E-state index is 0.240. The molecule has 128 valence electrons. The highest BCUT2D eigenvalue weighted by Gasteiger charge is 2.29. The fourth-order valence-electron chi connectivity index (χ4n) is 3.84. The number of aromatic nitrogens is 4. The molecule has 1 atom stereocenters. The Hall–Kier alpha value is -2.47. The summed E-state index contributed by atoms with van der Waals surface area (Å²) in [7, 11) is 0. The molecule has 3 heterocycles. The van der Waals surface area contributed by atoms with Crippen molar-refractivity contribution < 1.29 is 9.26 Å². The van der Waals surface area contributed by atoms with Crippen LogP contribution in [0.15, 0.2) is 28.8 Å². The van der Waals surface area contributed by atoms with Gasteiger partial charge >= 0.3 is 0 Å². The lowest BCUT2D eigenvalue weighted by Gasteiger charge is -2.08. The maximum atomic E-state index is 5.58. The van der Waals surface area contributed by atoms with Crippen molar-refractivity contribution in [1.82, 2.24) is 19.9 Å². The summed E-state index contributed by atoms with van der Waals surface area (Å²) in [5.41, 5.74) is 5.69. The number of ether oxygens (including phenoxy) is 1. The lowest BCUT2D eigenvalue weighted by molar-refractivity contribution is 0.192. The molecule has 25 heavy (non-hydrogen) atoms. The molecule has 1 aliphatic heterocycles. The molecule has 3 aromatic rings. The molecule has 1 aliphatic carbocycles. The van der Waals surface area contributed by atoms with Gasteiger partial charge in [0.2, 0.25) is 0 Å². The summed E-state index contributed by atoms with van der Waals surface area (Å²) in [4.78, 5) is 4.64. The highest BCUT2D eigenvalue weighted by molar-refractivity contribution is 5.58. The first-order valence-corrected chi connectivity index (χ1v) is 8.90. The number of para-hydroxylation sites is 1. The van der Waals surface area contributed by atoms with Crippen LogP contribution in [-0.4, -0.2) is 33.1 Å². The van der Waals surface area contributed by atoms with Gasteiger partial charge in [0.25, 0.3) is 5.89 Å². The Labute approximate surface area is 145 Å². The summed E-state index contributed by atoms with van der Waals surface area (Å²) in [5.74, 6) is 1.51. The Balaban J connectivity index is 1.59. The SMILES string of the molecule is Cc1ccccc1-n1nc(-c2nc([C@H]3CCOC3)no2)c2c1CCC2. The quantitative estimate of drug-likeness (QED) is 0.735. The van der Waals surface area contributed by atoms with Crippen LogP contribution in [0.25, 0.3) is 17.3 Å². The van der Waals surface area contributed by atoms with E-state index >= 15 is 0 Å². The molecule has 0 amide bonds. The van der Waals surface area contributed by atoms with Crippen LogP contribution in [0.5, 0.6) is 0 Å². The fraction of sp³-hybridized carbons (Fsp3) is 0.421. The minimum absolute atomic E-state index is 0.240. The molecule has 0 spiro atoms. The van der Waals surface area contributed by atoms with Crippen molar-refractivity contribution in [3.8, 4) is 17.3 Å². The molecular weight excluding hydrogens is 316 g/mol. The zero-order chi connectivity index (χ0) is 16.8. The Kier molecular flexibility index (Phi) is 3.45. The van der Waals surface area contributed by atoms with Crippen LogP contribution in [0.1, 0.15) is 41.4 Å². The minimum Gasteiger partial charge on any atom is -0.381 e. The molecule has 6 nitrogen and oxygen atoms in total. The standard InChI is InChI=1S/C19H20N4O2/c1-12-5-2-3-7-15(12)23-16-8-4-6-14(16)17(21-23)19-20-18(22-25-19)13-9-10-24-11-13/h2-3,5,7,13H,4,6,8-11H2,1H3/t13-/m0/s1. The summed E-state index contributed by atoms with van der Waals surface area (Å²) >= 11 is 0. The Morgan fingerprint density at radius 2 is 2.12 bits per heavy atom. The molecule has 1 saturated heterocycles. The van der Waals surface area contributed by atoms with Crippen LogP contribution in [0, 0.1) is 6.92 Å². The Morgan fingerprint density at radius 1 is 1.20 bits per heavy atom. The molecule has 2 aliphatic rings. The maximum absolute atomic E-state index is 5.58. The van der Waals surface area contributed by atoms with E-state index in [2.05, 4.69) is 46.0 Å². The molecular formula is C19H20N4O2. The van der Waals surface area contributed by atoms with Crippen LogP contribution >= 0.6 is 0 Å². The number of fused-ring (bicyclic) bond motifs is 1. The smallest absolute Gasteiger partial charge is 0.278 e. The molecule has 0 N–H and O–H groups in total. The average Bonchev–Trinajstić information content (AvgIpc) is 3.38. The predicted molar refractivity (Wildman–Crippen MR) is 91.8 cm³/mol. The summed E-state index contributed by atoms with van der Waals surface area (Å²) in [5, 5.41) is 9.05. The van der Waals surface area contributed by atoms with Crippen molar-refractivity contribution in [2.24, 2.45) is 0 Å². The highest BCUT2D eigenvalue weighted by atomic mass is 16.5. The number of nitrogens with zero attached hydrogens (tertiary/aromatic N) is 4. The molecule has 5 rings (SSSR count). The molecule has 6 heteroatoms. The second-order valence-corrected chi connectivity index (χ2v) is 6.84. The molecule has 1 fully saturated rings.